The maximum absolute atomic E-state index is 10.9. The van der Waals surface area contributed by atoms with E-state index in [-0.39, 0.29) is 11.5 Å². The second-order valence-corrected chi connectivity index (χ2v) is 4.80. The quantitative estimate of drug-likeness (QED) is 0.923. The molecule has 0 unspecified atom stereocenters. The first-order valence-electron chi connectivity index (χ1n) is 6.32. The molecule has 1 heterocycles. The van der Waals surface area contributed by atoms with Crippen molar-refractivity contribution in [2.45, 2.75) is 26.7 Å². The predicted octanol–water partition coefficient (Wildman–Crippen LogP) is 3.40. The molecular weight excluding hydrogens is 256 g/mol. The maximum atomic E-state index is 10.9. The van der Waals surface area contributed by atoms with Crippen LogP contribution in [0.2, 0.25) is 0 Å². The Labute approximate surface area is 117 Å². The lowest BCUT2D eigenvalue weighted by Crippen LogP contribution is -2.01. The van der Waals surface area contributed by atoms with Gasteiger partial charge < -0.3 is 9.84 Å². The van der Waals surface area contributed by atoms with Gasteiger partial charge in [0.25, 0.3) is 0 Å². The molecule has 0 saturated heterocycles. The molecule has 0 aliphatic rings. The lowest BCUT2D eigenvalue weighted by molar-refractivity contribution is 0.0696. The van der Waals surface area contributed by atoms with Crippen LogP contribution in [0.4, 0.5) is 0 Å². The Hall–Kier alpha value is -2.43. The lowest BCUT2D eigenvalue weighted by atomic mass is 10.2. The van der Waals surface area contributed by atoms with E-state index >= 15 is 0 Å². The highest BCUT2D eigenvalue weighted by Gasteiger charge is 2.09. The van der Waals surface area contributed by atoms with Gasteiger partial charge in [-0.05, 0) is 25.1 Å². The van der Waals surface area contributed by atoms with Crippen LogP contribution >= 0.6 is 0 Å². The van der Waals surface area contributed by atoms with Crippen molar-refractivity contribution in [3.8, 4) is 11.6 Å². The summed E-state index contributed by atoms with van der Waals surface area (Å²) in [5.74, 6) is 0.774. The Morgan fingerprint density at radius 3 is 2.65 bits per heavy atom. The minimum atomic E-state index is -0.989. The van der Waals surface area contributed by atoms with Gasteiger partial charge in [0, 0.05) is 17.7 Å². The fourth-order valence-electron chi connectivity index (χ4n) is 1.69. The van der Waals surface area contributed by atoms with Crippen molar-refractivity contribution in [3.63, 3.8) is 0 Å². The van der Waals surface area contributed by atoms with Crippen molar-refractivity contribution < 1.29 is 14.6 Å². The zero-order valence-corrected chi connectivity index (χ0v) is 11.6. The van der Waals surface area contributed by atoms with Gasteiger partial charge in [0.2, 0.25) is 5.88 Å². The van der Waals surface area contributed by atoms with Crippen LogP contribution in [0, 0.1) is 6.92 Å². The fraction of sp³-hybridized carbons (Fsp3) is 0.267. The van der Waals surface area contributed by atoms with Crippen LogP contribution in [0.5, 0.6) is 11.6 Å². The van der Waals surface area contributed by atoms with E-state index in [1.54, 1.807) is 18.2 Å². The highest BCUT2D eigenvalue weighted by molar-refractivity contribution is 5.88. The van der Waals surface area contributed by atoms with E-state index in [1.165, 1.54) is 12.1 Å². The second kappa shape index (κ2) is 5.69. The minimum absolute atomic E-state index is 0.178. The van der Waals surface area contributed by atoms with Gasteiger partial charge in [-0.2, -0.15) is 4.98 Å². The van der Waals surface area contributed by atoms with Crippen LogP contribution in [0.1, 0.15) is 41.6 Å². The predicted molar refractivity (Wildman–Crippen MR) is 74.3 cm³/mol. The minimum Gasteiger partial charge on any atom is -0.478 e. The summed E-state index contributed by atoms with van der Waals surface area (Å²) in [6, 6.07) is 8.03. The van der Waals surface area contributed by atoms with Gasteiger partial charge in [0.1, 0.15) is 11.6 Å². The number of carboxylic acids is 1. The van der Waals surface area contributed by atoms with Gasteiger partial charge in [0.15, 0.2) is 0 Å². The number of aryl methyl sites for hydroxylation is 1. The van der Waals surface area contributed by atoms with E-state index in [4.69, 9.17) is 9.84 Å². The summed E-state index contributed by atoms with van der Waals surface area (Å²) < 4.78 is 5.63. The molecule has 0 radical (unpaired) electrons. The monoisotopic (exact) mass is 272 g/mol. The first-order chi connectivity index (χ1) is 9.45. The number of carboxylic acid groups (broad SMARTS) is 1. The Morgan fingerprint density at radius 2 is 2.00 bits per heavy atom. The molecular formula is C15H16N2O3. The SMILES string of the molecule is Cc1cc(Oc2cccc(C(=O)O)c2)nc(C(C)C)n1. The van der Waals surface area contributed by atoms with Gasteiger partial charge in [-0.25, -0.2) is 9.78 Å². The van der Waals surface area contributed by atoms with Crippen LogP contribution in [0.15, 0.2) is 30.3 Å². The first kappa shape index (κ1) is 14.0. The molecule has 1 aromatic carbocycles. The number of nitrogens with zero attached hydrogens (tertiary/aromatic N) is 2. The van der Waals surface area contributed by atoms with Crippen LogP contribution < -0.4 is 4.74 Å². The van der Waals surface area contributed by atoms with E-state index in [0.717, 1.165) is 5.69 Å². The van der Waals surface area contributed by atoms with E-state index in [0.29, 0.717) is 17.5 Å². The summed E-state index contributed by atoms with van der Waals surface area (Å²) in [5, 5.41) is 8.96. The van der Waals surface area contributed by atoms with Gasteiger partial charge in [-0.3, -0.25) is 0 Å². The third kappa shape index (κ3) is 3.32. The summed E-state index contributed by atoms with van der Waals surface area (Å²) in [6.45, 7) is 5.88. The number of hydrogen-bond acceptors (Lipinski definition) is 4. The molecule has 5 nitrogen and oxygen atoms in total. The van der Waals surface area contributed by atoms with Gasteiger partial charge in [-0.15, -0.1) is 0 Å². The molecule has 20 heavy (non-hydrogen) atoms. The molecule has 0 aliphatic heterocycles. The topological polar surface area (TPSA) is 72.3 Å². The Kier molecular flexibility index (Phi) is 3.98. The molecule has 104 valence electrons. The Bertz CT molecular complexity index is 639. The highest BCUT2D eigenvalue weighted by Crippen LogP contribution is 2.22. The molecule has 5 heteroatoms. The summed E-state index contributed by atoms with van der Waals surface area (Å²) in [4.78, 5) is 19.6. The third-order valence-corrected chi connectivity index (χ3v) is 2.67. The number of hydrogen-bond donors (Lipinski definition) is 1. The smallest absolute Gasteiger partial charge is 0.335 e. The third-order valence-electron chi connectivity index (χ3n) is 2.67. The molecule has 0 fully saturated rings. The highest BCUT2D eigenvalue weighted by atomic mass is 16.5. The van der Waals surface area contributed by atoms with Crippen molar-refractivity contribution in [2.75, 3.05) is 0 Å². The van der Waals surface area contributed by atoms with Crippen molar-refractivity contribution in [2.24, 2.45) is 0 Å². The number of aromatic carboxylic acids is 1. The molecule has 0 saturated carbocycles. The summed E-state index contributed by atoms with van der Waals surface area (Å²) in [5.41, 5.74) is 0.991. The molecule has 2 aromatic rings. The zero-order valence-electron chi connectivity index (χ0n) is 11.6. The molecule has 0 bridgehead atoms. The number of carbonyl (C=O) groups is 1. The number of aromatic nitrogens is 2. The maximum Gasteiger partial charge on any atom is 0.335 e. The number of benzene rings is 1. The van der Waals surface area contributed by atoms with Crippen LogP contribution in [0.3, 0.4) is 0 Å². The zero-order chi connectivity index (χ0) is 14.7. The van der Waals surface area contributed by atoms with Crippen molar-refractivity contribution in [1.82, 2.24) is 9.97 Å². The Balaban J connectivity index is 2.30. The Morgan fingerprint density at radius 1 is 1.25 bits per heavy atom. The summed E-state index contributed by atoms with van der Waals surface area (Å²) >= 11 is 0. The van der Waals surface area contributed by atoms with Gasteiger partial charge >= 0.3 is 5.97 Å². The molecule has 0 atom stereocenters. The van der Waals surface area contributed by atoms with Crippen LogP contribution in [-0.2, 0) is 0 Å². The largest absolute Gasteiger partial charge is 0.478 e. The normalized spacial score (nSPS) is 10.6. The average Bonchev–Trinajstić information content (AvgIpc) is 2.38. The molecule has 1 aromatic heterocycles. The standard InChI is InChI=1S/C15H16N2O3/c1-9(2)14-16-10(3)7-13(17-14)20-12-6-4-5-11(8-12)15(18)19/h4-9H,1-3H3,(H,18,19). The lowest BCUT2D eigenvalue weighted by Gasteiger charge is -2.09. The van der Waals surface area contributed by atoms with Crippen molar-refractivity contribution in [1.29, 1.82) is 0 Å². The average molecular weight is 272 g/mol. The van der Waals surface area contributed by atoms with Gasteiger partial charge in [0.05, 0.1) is 5.56 Å². The second-order valence-electron chi connectivity index (χ2n) is 4.80. The van der Waals surface area contributed by atoms with E-state index in [1.807, 2.05) is 20.8 Å². The van der Waals surface area contributed by atoms with E-state index in [2.05, 4.69) is 9.97 Å². The molecule has 0 spiro atoms. The summed E-state index contributed by atoms with van der Waals surface area (Å²) in [7, 11) is 0. The molecule has 1 N–H and O–H groups in total. The fourth-order valence-corrected chi connectivity index (χ4v) is 1.69. The van der Waals surface area contributed by atoms with Crippen molar-refractivity contribution >= 4 is 5.97 Å². The molecule has 0 amide bonds. The van der Waals surface area contributed by atoms with Crippen LogP contribution in [-0.4, -0.2) is 21.0 Å². The summed E-state index contributed by atoms with van der Waals surface area (Å²) in [6.07, 6.45) is 0. The van der Waals surface area contributed by atoms with Gasteiger partial charge in [-0.1, -0.05) is 19.9 Å². The number of ether oxygens (including phenoxy) is 1. The van der Waals surface area contributed by atoms with E-state index < -0.39 is 5.97 Å². The molecule has 2 rings (SSSR count). The van der Waals surface area contributed by atoms with Crippen molar-refractivity contribution in [3.05, 3.63) is 47.4 Å². The first-order valence-corrected chi connectivity index (χ1v) is 6.32. The van der Waals surface area contributed by atoms with E-state index in [9.17, 15) is 4.79 Å². The van der Waals surface area contributed by atoms with Crippen LogP contribution in [0.25, 0.3) is 0 Å². The number of rotatable bonds is 4. The molecule has 0 aliphatic carbocycles.